The fraction of sp³-hybridized carbons (Fsp3) is 0.714. The molecule has 1 heterocycles. The Kier molecular flexibility index (Phi) is 4.09. The minimum absolute atomic E-state index is 0.00630. The maximum Gasteiger partial charge on any atom is 0.242 e. The number of methoxy groups -OCH3 is 1. The van der Waals surface area contributed by atoms with Crippen molar-refractivity contribution in [3.05, 3.63) is 18.0 Å². The van der Waals surface area contributed by atoms with Gasteiger partial charge in [-0.1, -0.05) is 0 Å². The summed E-state index contributed by atoms with van der Waals surface area (Å²) < 4.78 is 34.5. The molecule has 1 aromatic heterocycles. The van der Waals surface area contributed by atoms with E-state index in [0.29, 0.717) is 17.5 Å². The van der Waals surface area contributed by atoms with Crippen LogP contribution >= 0.6 is 0 Å². The van der Waals surface area contributed by atoms with Gasteiger partial charge in [0.15, 0.2) is 0 Å². The van der Waals surface area contributed by atoms with Crippen molar-refractivity contribution >= 4 is 10.0 Å². The minimum Gasteiger partial charge on any atom is -0.381 e. The van der Waals surface area contributed by atoms with Crippen LogP contribution in [0.5, 0.6) is 0 Å². The van der Waals surface area contributed by atoms with Crippen molar-refractivity contribution < 1.29 is 13.2 Å². The van der Waals surface area contributed by atoms with Crippen molar-refractivity contribution in [3.63, 3.8) is 0 Å². The van der Waals surface area contributed by atoms with Crippen molar-refractivity contribution in [2.45, 2.75) is 55.3 Å². The topological polar surface area (TPSA) is 72.4 Å². The van der Waals surface area contributed by atoms with E-state index in [1.807, 2.05) is 11.6 Å². The average molecular weight is 313 g/mol. The van der Waals surface area contributed by atoms with Crippen molar-refractivity contribution in [3.8, 4) is 0 Å². The van der Waals surface area contributed by atoms with Crippen LogP contribution in [0.15, 0.2) is 17.2 Å². The third kappa shape index (κ3) is 3.48. The van der Waals surface area contributed by atoms with E-state index in [1.54, 1.807) is 19.4 Å². The molecule has 21 heavy (non-hydrogen) atoms. The van der Waals surface area contributed by atoms with E-state index in [0.717, 1.165) is 18.5 Å². The average Bonchev–Trinajstić information content (AvgIpc) is 3.14. The first kappa shape index (κ1) is 15.0. The van der Waals surface area contributed by atoms with Crippen molar-refractivity contribution in [1.29, 1.82) is 0 Å². The minimum atomic E-state index is -3.43. The van der Waals surface area contributed by atoms with Crippen LogP contribution in [-0.2, 0) is 28.4 Å². The number of hydrogen-bond donors (Lipinski definition) is 2. The molecule has 2 N–H and O–H groups in total. The van der Waals surface area contributed by atoms with E-state index in [2.05, 4.69) is 10.0 Å². The summed E-state index contributed by atoms with van der Waals surface area (Å²) >= 11 is 0. The van der Waals surface area contributed by atoms with Gasteiger partial charge in [0.05, 0.1) is 11.0 Å². The van der Waals surface area contributed by atoms with Crippen LogP contribution in [-0.4, -0.2) is 38.3 Å². The lowest BCUT2D eigenvalue weighted by atomic mass is 9.90. The van der Waals surface area contributed by atoms with Crippen LogP contribution in [0.1, 0.15) is 31.4 Å². The third-order valence-electron chi connectivity index (χ3n) is 4.29. The summed E-state index contributed by atoms with van der Waals surface area (Å²) in [5, 5.41) is 3.40. The summed E-state index contributed by atoms with van der Waals surface area (Å²) in [4.78, 5) is 0.346. The second-order valence-corrected chi connectivity index (χ2v) is 7.79. The molecule has 0 spiro atoms. The molecule has 7 heteroatoms. The van der Waals surface area contributed by atoms with Crippen molar-refractivity contribution in [2.75, 3.05) is 7.11 Å². The predicted octanol–water partition coefficient (Wildman–Crippen LogP) is 0.733. The standard InChI is InChI=1S/C14H23N3O3S/c1-17-9-14(7-12(17)8-15-10-3-4-10)21(18,19)16-11-5-13(6-11)20-2/h7,9-11,13,15-16H,3-6,8H2,1-2H3. The number of hydrogen-bond acceptors (Lipinski definition) is 4. The van der Waals surface area contributed by atoms with Gasteiger partial charge in [-0.05, 0) is 31.7 Å². The molecule has 0 saturated heterocycles. The van der Waals surface area contributed by atoms with Gasteiger partial charge in [-0.3, -0.25) is 0 Å². The Morgan fingerprint density at radius 1 is 1.33 bits per heavy atom. The van der Waals surface area contributed by atoms with Crippen LogP contribution < -0.4 is 10.0 Å². The van der Waals surface area contributed by atoms with Gasteiger partial charge in [0.2, 0.25) is 10.0 Å². The van der Waals surface area contributed by atoms with Gasteiger partial charge in [-0.25, -0.2) is 13.1 Å². The molecule has 2 aliphatic carbocycles. The fourth-order valence-corrected chi connectivity index (χ4v) is 3.93. The lowest BCUT2D eigenvalue weighted by Crippen LogP contribution is -2.47. The van der Waals surface area contributed by atoms with E-state index in [1.165, 1.54) is 12.8 Å². The highest BCUT2D eigenvalue weighted by Gasteiger charge is 2.33. The van der Waals surface area contributed by atoms with E-state index >= 15 is 0 Å². The van der Waals surface area contributed by atoms with Crippen LogP contribution in [0.3, 0.4) is 0 Å². The van der Waals surface area contributed by atoms with Gasteiger partial charge in [-0.2, -0.15) is 0 Å². The van der Waals surface area contributed by atoms with E-state index in [-0.39, 0.29) is 12.1 Å². The second kappa shape index (κ2) is 5.72. The zero-order valence-corrected chi connectivity index (χ0v) is 13.3. The summed E-state index contributed by atoms with van der Waals surface area (Å²) in [6.45, 7) is 0.714. The Morgan fingerprint density at radius 3 is 2.67 bits per heavy atom. The number of sulfonamides is 1. The molecule has 2 saturated carbocycles. The summed E-state index contributed by atoms with van der Waals surface area (Å²) in [6.07, 6.45) is 5.81. The first-order chi connectivity index (χ1) is 9.98. The molecule has 1 aromatic rings. The van der Waals surface area contributed by atoms with Crippen LogP contribution in [0.4, 0.5) is 0 Å². The monoisotopic (exact) mass is 313 g/mol. The van der Waals surface area contributed by atoms with Crippen molar-refractivity contribution in [2.24, 2.45) is 7.05 Å². The van der Waals surface area contributed by atoms with Crippen LogP contribution in [0, 0.1) is 0 Å². The zero-order chi connectivity index (χ0) is 15.0. The highest BCUT2D eigenvalue weighted by molar-refractivity contribution is 7.89. The lowest BCUT2D eigenvalue weighted by Gasteiger charge is -2.34. The number of rotatable bonds is 7. The molecule has 0 amide bonds. The number of ether oxygens (including phenoxy) is 1. The van der Waals surface area contributed by atoms with Gasteiger partial charge >= 0.3 is 0 Å². The normalized spacial score (nSPS) is 25.8. The quantitative estimate of drug-likeness (QED) is 0.778. The number of aromatic nitrogens is 1. The Balaban J connectivity index is 1.63. The predicted molar refractivity (Wildman–Crippen MR) is 79.4 cm³/mol. The molecular formula is C14H23N3O3S. The summed E-state index contributed by atoms with van der Waals surface area (Å²) in [5.74, 6) is 0. The molecule has 0 radical (unpaired) electrons. The highest BCUT2D eigenvalue weighted by Crippen LogP contribution is 2.25. The molecule has 0 aliphatic heterocycles. The lowest BCUT2D eigenvalue weighted by molar-refractivity contribution is 0.0236. The fourth-order valence-electron chi connectivity index (χ4n) is 2.58. The van der Waals surface area contributed by atoms with E-state index in [9.17, 15) is 8.42 Å². The molecule has 3 rings (SSSR count). The highest BCUT2D eigenvalue weighted by atomic mass is 32.2. The molecule has 6 nitrogen and oxygen atoms in total. The second-order valence-electron chi connectivity index (χ2n) is 6.08. The summed E-state index contributed by atoms with van der Waals surface area (Å²) in [5.41, 5.74) is 0.991. The Labute approximate surface area is 125 Å². The van der Waals surface area contributed by atoms with Gasteiger partial charge in [-0.15, -0.1) is 0 Å². The van der Waals surface area contributed by atoms with E-state index < -0.39 is 10.0 Å². The third-order valence-corrected chi connectivity index (χ3v) is 5.78. The Morgan fingerprint density at radius 2 is 2.05 bits per heavy atom. The first-order valence-electron chi connectivity index (χ1n) is 7.41. The molecule has 2 fully saturated rings. The maximum absolute atomic E-state index is 12.4. The molecule has 0 atom stereocenters. The Hall–Kier alpha value is -0.890. The van der Waals surface area contributed by atoms with Gasteiger partial charge in [0, 0.05) is 44.7 Å². The zero-order valence-electron chi connectivity index (χ0n) is 12.5. The van der Waals surface area contributed by atoms with Crippen LogP contribution in [0.2, 0.25) is 0 Å². The Bertz CT molecular complexity index is 601. The summed E-state index contributed by atoms with van der Waals surface area (Å²) in [7, 11) is 0.110. The molecular weight excluding hydrogens is 290 g/mol. The van der Waals surface area contributed by atoms with Crippen molar-refractivity contribution in [1.82, 2.24) is 14.6 Å². The summed E-state index contributed by atoms with van der Waals surface area (Å²) in [6, 6.07) is 2.36. The number of nitrogens with one attached hydrogen (secondary N) is 2. The number of aryl methyl sites for hydroxylation is 1. The molecule has 118 valence electrons. The van der Waals surface area contributed by atoms with Crippen LogP contribution in [0.25, 0.3) is 0 Å². The first-order valence-corrected chi connectivity index (χ1v) is 8.90. The van der Waals surface area contributed by atoms with E-state index in [4.69, 9.17) is 4.74 Å². The molecule has 0 aromatic carbocycles. The van der Waals surface area contributed by atoms with Gasteiger partial charge in [0.1, 0.15) is 0 Å². The smallest absolute Gasteiger partial charge is 0.242 e. The SMILES string of the molecule is COC1CC(NS(=O)(=O)c2cc(CNC3CC3)n(C)c2)C1. The maximum atomic E-state index is 12.4. The molecule has 0 bridgehead atoms. The van der Waals surface area contributed by atoms with Gasteiger partial charge < -0.3 is 14.6 Å². The largest absolute Gasteiger partial charge is 0.381 e. The molecule has 2 aliphatic rings. The van der Waals surface area contributed by atoms with Gasteiger partial charge in [0.25, 0.3) is 0 Å². The molecule has 0 unspecified atom stereocenters. The number of nitrogens with zero attached hydrogens (tertiary/aromatic N) is 1.